The van der Waals surface area contributed by atoms with Crippen molar-refractivity contribution in [1.29, 1.82) is 0 Å². The van der Waals surface area contributed by atoms with Crippen molar-refractivity contribution in [3.8, 4) is 0 Å². The molecule has 1 unspecified atom stereocenters. The van der Waals surface area contributed by atoms with Crippen molar-refractivity contribution in [3.63, 3.8) is 0 Å². The number of amides is 3. The molecule has 3 amide bonds. The van der Waals surface area contributed by atoms with Crippen molar-refractivity contribution < 1.29 is 9.59 Å². The van der Waals surface area contributed by atoms with Crippen LogP contribution in [0.5, 0.6) is 0 Å². The third-order valence-corrected chi connectivity index (χ3v) is 3.99. The molecule has 108 valence electrons. The van der Waals surface area contributed by atoms with Crippen LogP contribution in [0.3, 0.4) is 0 Å². The summed E-state index contributed by atoms with van der Waals surface area (Å²) in [6.07, 6.45) is 4.15. The highest BCUT2D eigenvalue weighted by molar-refractivity contribution is 6.07. The van der Waals surface area contributed by atoms with Crippen LogP contribution in [0.1, 0.15) is 26.1 Å². The Bertz CT molecular complexity index is 527. The summed E-state index contributed by atoms with van der Waals surface area (Å²) in [5.74, 6) is 0.777. The predicted octanol–water partition coefficient (Wildman–Crippen LogP) is 0.314. The summed E-state index contributed by atoms with van der Waals surface area (Å²) in [5, 5.41) is 2.89. The van der Waals surface area contributed by atoms with Gasteiger partial charge in [0.15, 0.2) is 0 Å². The third-order valence-electron chi connectivity index (χ3n) is 3.99. The molecule has 1 spiro atoms. The van der Waals surface area contributed by atoms with E-state index >= 15 is 0 Å². The number of aromatic nitrogens is 2. The Morgan fingerprint density at radius 1 is 1.45 bits per heavy atom. The van der Waals surface area contributed by atoms with Gasteiger partial charge in [-0.3, -0.25) is 14.6 Å². The molecule has 2 aliphatic heterocycles. The number of urea groups is 1. The SMILES string of the molecule is CC(C)N1C(=O)NC2(CCN(Cc3ncc[nH]3)C2)C1=O. The summed E-state index contributed by atoms with van der Waals surface area (Å²) in [5.41, 5.74) is -0.742. The summed E-state index contributed by atoms with van der Waals surface area (Å²) >= 11 is 0. The summed E-state index contributed by atoms with van der Waals surface area (Å²) in [4.78, 5) is 35.2. The number of imide groups is 1. The average Bonchev–Trinajstić information content (AvgIpc) is 3.04. The topological polar surface area (TPSA) is 81.3 Å². The number of likely N-dealkylation sites (tertiary alicyclic amines) is 1. The monoisotopic (exact) mass is 277 g/mol. The van der Waals surface area contributed by atoms with Crippen LogP contribution in [0.2, 0.25) is 0 Å². The van der Waals surface area contributed by atoms with Gasteiger partial charge in [-0.05, 0) is 20.3 Å². The first-order chi connectivity index (χ1) is 9.52. The lowest BCUT2D eigenvalue weighted by Crippen LogP contribution is -2.49. The smallest absolute Gasteiger partial charge is 0.325 e. The minimum Gasteiger partial charge on any atom is -0.348 e. The Balaban J connectivity index is 1.73. The van der Waals surface area contributed by atoms with E-state index in [9.17, 15) is 9.59 Å². The highest BCUT2D eigenvalue weighted by Crippen LogP contribution is 2.30. The number of nitrogens with one attached hydrogen (secondary N) is 2. The fraction of sp³-hybridized carbons (Fsp3) is 0.615. The molecule has 2 saturated heterocycles. The zero-order chi connectivity index (χ0) is 14.3. The Morgan fingerprint density at radius 2 is 2.25 bits per heavy atom. The number of nitrogens with zero attached hydrogens (tertiary/aromatic N) is 3. The predicted molar refractivity (Wildman–Crippen MR) is 71.7 cm³/mol. The molecule has 20 heavy (non-hydrogen) atoms. The fourth-order valence-corrected chi connectivity index (χ4v) is 3.01. The molecule has 2 N–H and O–H groups in total. The van der Waals surface area contributed by atoms with Crippen molar-refractivity contribution in [2.24, 2.45) is 0 Å². The lowest BCUT2D eigenvalue weighted by molar-refractivity contribution is -0.132. The lowest BCUT2D eigenvalue weighted by Gasteiger charge is -2.22. The Hall–Kier alpha value is -1.89. The van der Waals surface area contributed by atoms with E-state index in [-0.39, 0.29) is 18.0 Å². The minimum atomic E-state index is -0.742. The fourth-order valence-electron chi connectivity index (χ4n) is 3.01. The second kappa shape index (κ2) is 4.59. The summed E-state index contributed by atoms with van der Waals surface area (Å²) in [6.45, 7) is 5.69. The number of carbonyl (C=O) groups is 2. The van der Waals surface area contributed by atoms with Gasteiger partial charge in [0.05, 0.1) is 6.54 Å². The van der Waals surface area contributed by atoms with Gasteiger partial charge in [-0.2, -0.15) is 0 Å². The highest BCUT2D eigenvalue weighted by Gasteiger charge is 2.55. The van der Waals surface area contributed by atoms with Crippen LogP contribution in [-0.4, -0.2) is 56.4 Å². The van der Waals surface area contributed by atoms with E-state index < -0.39 is 5.54 Å². The number of imidazole rings is 1. The van der Waals surface area contributed by atoms with Gasteiger partial charge in [0.1, 0.15) is 11.4 Å². The lowest BCUT2D eigenvalue weighted by atomic mass is 9.99. The Kier molecular flexibility index (Phi) is 3.01. The molecule has 0 bridgehead atoms. The third kappa shape index (κ3) is 1.98. The molecular weight excluding hydrogens is 258 g/mol. The second-order valence-electron chi connectivity index (χ2n) is 5.78. The van der Waals surface area contributed by atoms with Gasteiger partial charge < -0.3 is 10.3 Å². The van der Waals surface area contributed by atoms with Crippen LogP contribution in [0.15, 0.2) is 12.4 Å². The number of aromatic amines is 1. The maximum absolute atomic E-state index is 12.5. The van der Waals surface area contributed by atoms with Crippen LogP contribution in [0.4, 0.5) is 4.79 Å². The van der Waals surface area contributed by atoms with Crippen molar-refractivity contribution in [1.82, 2.24) is 25.1 Å². The molecule has 3 heterocycles. The van der Waals surface area contributed by atoms with Gasteiger partial charge in [-0.15, -0.1) is 0 Å². The van der Waals surface area contributed by atoms with E-state index in [0.717, 1.165) is 12.4 Å². The van der Waals surface area contributed by atoms with Crippen LogP contribution in [-0.2, 0) is 11.3 Å². The number of rotatable bonds is 3. The molecule has 7 nitrogen and oxygen atoms in total. The Labute approximate surface area is 117 Å². The maximum atomic E-state index is 12.5. The van der Waals surface area contributed by atoms with Gasteiger partial charge in [-0.1, -0.05) is 0 Å². The largest absolute Gasteiger partial charge is 0.348 e. The number of carbonyl (C=O) groups excluding carboxylic acids is 2. The van der Waals surface area contributed by atoms with Gasteiger partial charge >= 0.3 is 6.03 Å². The van der Waals surface area contributed by atoms with Crippen LogP contribution in [0.25, 0.3) is 0 Å². The molecule has 3 rings (SSSR count). The van der Waals surface area contributed by atoms with Gasteiger partial charge in [-0.25, -0.2) is 9.78 Å². The Morgan fingerprint density at radius 3 is 2.85 bits per heavy atom. The molecule has 0 aliphatic carbocycles. The van der Waals surface area contributed by atoms with Crippen molar-refractivity contribution >= 4 is 11.9 Å². The number of hydrogen-bond donors (Lipinski definition) is 2. The molecule has 1 aromatic rings. The molecule has 2 fully saturated rings. The van der Waals surface area contributed by atoms with E-state index in [1.807, 2.05) is 13.8 Å². The van der Waals surface area contributed by atoms with Crippen molar-refractivity contribution in [3.05, 3.63) is 18.2 Å². The molecule has 0 radical (unpaired) electrons. The summed E-state index contributed by atoms with van der Waals surface area (Å²) in [6, 6.07) is -0.383. The van der Waals surface area contributed by atoms with Crippen molar-refractivity contribution in [2.75, 3.05) is 13.1 Å². The van der Waals surface area contributed by atoms with Crippen LogP contribution >= 0.6 is 0 Å². The first-order valence-electron chi connectivity index (χ1n) is 6.88. The van der Waals surface area contributed by atoms with E-state index in [0.29, 0.717) is 19.5 Å². The van der Waals surface area contributed by atoms with Gasteiger partial charge in [0.2, 0.25) is 0 Å². The van der Waals surface area contributed by atoms with Gasteiger partial charge in [0, 0.05) is 31.5 Å². The normalized spacial score (nSPS) is 27.1. The van der Waals surface area contributed by atoms with Crippen molar-refractivity contribution in [2.45, 2.75) is 38.4 Å². The second-order valence-corrected chi connectivity index (χ2v) is 5.78. The van der Waals surface area contributed by atoms with E-state index in [4.69, 9.17) is 0 Å². The van der Waals surface area contributed by atoms with E-state index in [1.54, 1.807) is 12.4 Å². The summed E-state index contributed by atoms with van der Waals surface area (Å²) < 4.78 is 0. The molecule has 0 aromatic carbocycles. The zero-order valence-electron chi connectivity index (χ0n) is 11.7. The van der Waals surface area contributed by atoms with E-state index in [1.165, 1.54) is 4.90 Å². The first-order valence-corrected chi connectivity index (χ1v) is 6.88. The maximum Gasteiger partial charge on any atom is 0.325 e. The standard InChI is InChI=1S/C13H19N5O2/c1-9(2)18-11(19)13(16-12(18)20)3-6-17(8-13)7-10-14-4-5-15-10/h4-5,9H,3,6-8H2,1-2H3,(H,14,15)(H,16,20). The molecule has 0 saturated carbocycles. The van der Waals surface area contributed by atoms with E-state index in [2.05, 4.69) is 20.2 Å². The quantitative estimate of drug-likeness (QED) is 0.779. The molecule has 1 atom stereocenters. The molecule has 7 heteroatoms. The first kappa shape index (κ1) is 13.1. The average molecular weight is 277 g/mol. The minimum absolute atomic E-state index is 0.0977. The number of hydrogen-bond acceptors (Lipinski definition) is 4. The molecule has 1 aromatic heterocycles. The summed E-state index contributed by atoms with van der Waals surface area (Å²) in [7, 11) is 0. The van der Waals surface area contributed by atoms with Crippen LogP contribution in [0, 0.1) is 0 Å². The zero-order valence-corrected chi connectivity index (χ0v) is 11.7. The van der Waals surface area contributed by atoms with Gasteiger partial charge in [0.25, 0.3) is 5.91 Å². The molecular formula is C13H19N5O2. The molecule has 2 aliphatic rings. The van der Waals surface area contributed by atoms with Crippen LogP contribution < -0.4 is 5.32 Å². The highest BCUT2D eigenvalue weighted by atomic mass is 16.2. The number of H-pyrrole nitrogens is 1.